The van der Waals surface area contributed by atoms with Gasteiger partial charge >= 0.3 is 0 Å². The molecule has 1 aromatic rings. The molecule has 2 rings (SSSR count). The highest BCUT2D eigenvalue weighted by atomic mass is 16.5. The van der Waals surface area contributed by atoms with Crippen molar-refractivity contribution in [1.82, 2.24) is 9.55 Å². The summed E-state index contributed by atoms with van der Waals surface area (Å²) in [6, 6.07) is 0. The van der Waals surface area contributed by atoms with E-state index >= 15 is 0 Å². The topological polar surface area (TPSA) is 47.3 Å². The van der Waals surface area contributed by atoms with Crippen LogP contribution in [0.5, 0.6) is 0 Å². The number of rotatable bonds is 4. The summed E-state index contributed by atoms with van der Waals surface area (Å²) in [7, 11) is 1.98. The van der Waals surface area contributed by atoms with Crippen molar-refractivity contribution in [3.8, 4) is 0 Å². The molecular weight excluding hydrogens is 204 g/mol. The average molecular weight is 224 g/mol. The van der Waals surface area contributed by atoms with Gasteiger partial charge < -0.3 is 14.4 Å². The summed E-state index contributed by atoms with van der Waals surface area (Å²) in [5.74, 6) is 1.32. The van der Waals surface area contributed by atoms with Crippen molar-refractivity contribution in [2.45, 2.75) is 38.4 Å². The van der Waals surface area contributed by atoms with Gasteiger partial charge in [0.1, 0.15) is 5.82 Å². The fraction of sp³-hybridized carbons (Fsp3) is 0.750. The van der Waals surface area contributed by atoms with E-state index < -0.39 is 0 Å². The lowest BCUT2D eigenvalue weighted by Crippen LogP contribution is -2.27. The van der Waals surface area contributed by atoms with Crippen molar-refractivity contribution >= 4 is 0 Å². The van der Waals surface area contributed by atoms with Gasteiger partial charge in [0.15, 0.2) is 0 Å². The maximum atomic E-state index is 10.1. The zero-order valence-corrected chi connectivity index (χ0v) is 9.97. The van der Waals surface area contributed by atoms with Crippen LogP contribution in [0.2, 0.25) is 0 Å². The van der Waals surface area contributed by atoms with Crippen LogP contribution in [-0.4, -0.2) is 33.5 Å². The molecule has 0 bridgehead atoms. The van der Waals surface area contributed by atoms with Crippen molar-refractivity contribution < 1.29 is 9.84 Å². The van der Waals surface area contributed by atoms with Crippen LogP contribution >= 0.6 is 0 Å². The SMILES string of the molecule is CC1OCCC1C(O)CCc1nccn1C. The first-order valence-corrected chi connectivity index (χ1v) is 5.94. The van der Waals surface area contributed by atoms with Crippen LogP contribution in [0.1, 0.15) is 25.6 Å². The third-order valence-electron chi connectivity index (χ3n) is 3.51. The molecule has 0 amide bonds. The van der Waals surface area contributed by atoms with E-state index in [1.807, 2.05) is 24.7 Å². The zero-order chi connectivity index (χ0) is 11.5. The van der Waals surface area contributed by atoms with E-state index in [9.17, 15) is 5.11 Å². The lowest BCUT2D eigenvalue weighted by atomic mass is 9.93. The van der Waals surface area contributed by atoms with Crippen LogP contribution in [0.15, 0.2) is 12.4 Å². The van der Waals surface area contributed by atoms with Gasteiger partial charge in [0.05, 0.1) is 12.2 Å². The molecule has 90 valence electrons. The highest BCUT2D eigenvalue weighted by Crippen LogP contribution is 2.26. The summed E-state index contributed by atoms with van der Waals surface area (Å²) >= 11 is 0. The van der Waals surface area contributed by atoms with Gasteiger partial charge in [-0.1, -0.05) is 0 Å². The quantitative estimate of drug-likeness (QED) is 0.834. The number of imidazole rings is 1. The zero-order valence-electron chi connectivity index (χ0n) is 9.97. The summed E-state index contributed by atoms with van der Waals surface area (Å²) in [6.45, 7) is 2.83. The smallest absolute Gasteiger partial charge is 0.108 e. The molecule has 0 radical (unpaired) electrons. The number of aryl methyl sites for hydroxylation is 2. The highest BCUT2D eigenvalue weighted by Gasteiger charge is 2.30. The molecule has 0 spiro atoms. The molecule has 1 aliphatic rings. The van der Waals surface area contributed by atoms with Crippen LogP contribution in [0.25, 0.3) is 0 Å². The lowest BCUT2D eigenvalue weighted by molar-refractivity contribution is 0.0395. The van der Waals surface area contributed by atoms with E-state index in [1.54, 1.807) is 6.20 Å². The van der Waals surface area contributed by atoms with Gasteiger partial charge in [0.2, 0.25) is 0 Å². The second-order valence-corrected chi connectivity index (χ2v) is 4.59. The standard InChI is InChI=1S/C12H20N2O2/c1-9-10(5-8-16-9)11(15)3-4-12-13-6-7-14(12)2/h6-7,9-11,15H,3-5,8H2,1-2H3. The molecule has 3 atom stereocenters. The molecule has 0 aliphatic carbocycles. The molecule has 4 heteroatoms. The second-order valence-electron chi connectivity index (χ2n) is 4.59. The minimum Gasteiger partial charge on any atom is -0.393 e. The fourth-order valence-electron chi connectivity index (χ4n) is 2.38. The predicted molar refractivity (Wildman–Crippen MR) is 61.1 cm³/mol. The van der Waals surface area contributed by atoms with Gasteiger partial charge in [-0.25, -0.2) is 4.98 Å². The largest absolute Gasteiger partial charge is 0.393 e. The van der Waals surface area contributed by atoms with Crippen molar-refractivity contribution in [1.29, 1.82) is 0 Å². The Bertz CT molecular complexity index is 338. The minimum atomic E-state index is -0.269. The second kappa shape index (κ2) is 4.97. The molecule has 3 unspecified atom stereocenters. The molecule has 0 aromatic carbocycles. The Balaban J connectivity index is 1.84. The average Bonchev–Trinajstić information content (AvgIpc) is 2.84. The van der Waals surface area contributed by atoms with Crippen molar-refractivity contribution in [3.05, 3.63) is 18.2 Å². The van der Waals surface area contributed by atoms with E-state index in [1.165, 1.54) is 0 Å². The van der Waals surface area contributed by atoms with Crippen LogP contribution in [0.4, 0.5) is 0 Å². The summed E-state index contributed by atoms with van der Waals surface area (Å²) in [6.07, 6.45) is 6.22. The Labute approximate surface area is 96.3 Å². The van der Waals surface area contributed by atoms with E-state index in [2.05, 4.69) is 4.98 Å². The summed E-state index contributed by atoms with van der Waals surface area (Å²) in [5, 5.41) is 10.1. The number of hydrogen-bond donors (Lipinski definition) is 1. The van der Waals surface area contributed by atoms with Gasteiger partial charge in [-0.15, -0.1) is 0 Å². The van der Waals surface area contributed by atoms with Crippen LogP contribution < -0.4 is 0 Å². The third-order valence-corrected chi connectivity index (χ3v) is 3.51. The van der Waals surface area contributed by atoms with Crippen molar-refractivity contribution in [3.63, 3.8) is 0 Å². The minimum absolute atomic E-state index is 0.191. The molecule has 1 aromatic heterocycles. The van der Waals surface area contributed by atoms with Gasteiger partial charge in [0, 0.05) is 38.4 Å². The molecule has 0 saturated carbocycles. The monoisotopic (exact) mass is 224 g/mol. The van der Waals surface area contributed by atoms with Gasteiger partial charge in [-0.05, 0) is 19.8 Å². The van der Waals surface area contributed by atoms with E-state index in [0.29, 0.717) is 5.92 Å². The first-order chi connectivity index (χ1) is 7.68. The normalized spacial score (nSPS) is 27.2. The van der Waals surface area contributed by atoms with Gasteiger partial charge in [-0.2, -0.15) is 0 Å². The Morgan fingerprint density at radius 2 is 2.50 bits per heavy atom. The summed E-state index contributed by atoms with van der Waals surface area (Å²) in [5.41, 5.74) is 0. The Morgan fingerprint density at radius 3 is 3.06 bits per heavy atom. The predicted octanol–water partition coefficient (Wildman–Crippen LogP) is 1.14. The fourth-order valence-corrected chi connectivity index (χ4v) is 2.38. The molecule has 1 aliphatic heterocycles. The number of aliphatic hydroxyl groups excluding tert-OH is 1. The van der Waals surface area contributed by atoms with E-state index in [-0.39, 0.29) is 12.2 Å². The molecular formula is C12H20N2O2. The van der Waals surface area contributed by atoms with Crippen molar-refractivity contribution in [2.24, 2.45) is 13.0 Å². The first-order valence-electron chi connectivity index (χ1n) is 5.94. The highest BCUT2D eigenvalue weighted by molar-refractivity contribution is 4.92. The summed E-state index contributed by atoms with van der Waals surface area (Å²) < 4.78 is 7.47. The third kappa shape index (κ3) is 2.44. The van der Waals surface area contributed by atoms with Gasteiger partial charge in [-0.3, -0.25) is 0 Å². The van der Waals surface area contributed by atoms with E-state index in [0.717, 1.165) is 31.7 Å². The Morgan fingerprint density at radius 1 is 1.69 bits per heavy atom. The maximum Gasteiger partial charge on any atom is 0.108 e. The molecule has 1 N–H and O–H groups in total. The molecule has 1 fully saturated rings. The number of ether oxygens (including phenoxy) is 1. The molecule has 1 saturated heterocycles. The van der Waals surface area contributed by atoms with Crippen molar-refractivity contribution in [2.75, 3.05) is 6.61 Å². The van der Waals surface area contributed by atoms with Crippen LogP contribution in [0.3, 0.4) is 0 Å². The molecule has 4 nitrogen and oxygen atoms in total. The molecule has 2 heterocycles. The number of nitrogens with zero attached hydrogens (tertiary/aromatic N) is 2. The first kappa shape index (κ1) is 11.6. The number of aliphatic hydroxyl groups is 1. The van der Waals surface area contributed by atoms with Gasteiger partial charge in [0.25, 0.3) is 0 Å². The Kier molecular flexibility index (Phi) is 3.61. The molecule has 16 heavy (non-hydrogen) atoms. The summed E-state index contributed by atoms with van der Waals surface area (Å²) in [4.78, 5) is 4.25. The van der Waals surface area contributed by atoms with E-state index in [4.69, 9.17) is 4.74 Å². The number of aromatic nitrogens is 2. The van der Waals surface area contributed by atoms with Crippen LogP contribution in [-0.2, 0) is 18.2 Å². The van der Waals surface area contributed by atoms with Crippen LogP contribution in [0, 0.1) is 5.92 Å². The lowest BCUT2D eigenvalue weighted by Gasteiger charge is -2.20. The number of hydrogen-bond acceptors (Lipinski definition) is 3. The Hall–Kier alpha value is -0.870. The maximum absolute atomic E-state index is 10.1.